The number of hydrogen-bond donors (Lipinski definition) is 1. The number of nitrogens with one attached hydrogen (secondary N) is 1. The first-order valence-corrected chi connectivity index (χ1v) is 6.28. The van der Waals surface area contributed by atoms with E-state index in [4.69, 9.17) is 0 Å². The topological polar surface area (TPSA) is 12.0 Å². The zero-order valence-corrected chi connectivity index (χ0v) is 11.1. The molecule has 2 aromatic rings. The summed E-state index contributed by atoms with van der Waals surface area (Å²) in [6, 6.07) is 19.6. The molecule has 1 N–H and O–H groups in total. The van der Waals surface area contributed by atoms with Crippen molar-refractivity contribution in [2.45, 2.75) is 12.3 Å². The van der Waals surface area contributed by atoms with Crippen LogP contribution in [0.3, 0.4) is 0 Å². The average Bonchev–Trinajstić information content (AvgIpc) is 2.62. The van der Waals surface area contributed by atoms with Gasteiger partial charge < -0.3 is 5.32 Å². The van der Waals surface area contributed by atoms with Gasteiger partial charge in [0.2, 0.25) is 0 Å². The zero-order valence-electron chi connectivity index (χ0n) is 10.3. The summed E-state index contributed by atoms with van der Waals surface area (Å²) < 4.78 is 0. The second-order valence-corrected chi connectivity index (χ2v) is 4.62. The van der Waals surface area contributed by atoms with Crippen LogP contribution in [0, 0.1) is 0 Å². The monoisotopic (exact) mass is 259 g/mol. The van der Waals surface area contributed by atoms with Crippen LogP contribution in [0.1, 0.15) is 22.6 Å². The molecular formula is C16H18ClN. The highest BCUT2D eigenvalue weighted by Crippen LogP contribution is 2.28. The summed E-state index contributed by atoms with van der Waals surface area (Å²) >= 11 is 0. The van der Waals surface area contributed by atoms with E-state index in [1.165, 1.54) is 16.7 Å². The van der Waals surface area contributed by atoms with Crippen molar-refractivity contribution in [3.63, 3.8) is 0 Å². The molecule has 1 heterocycles. The molecule has 2 heteroatoms. The first-order chi connectivity index (χ1) is 8.45. The predicted octanol–water partition coefficient (Wildman–Crippen LogP) is 3.39. The molecule has 0 saturated heterocycles. The molecule has 18 heavy (non-hydrogen) atoms. The molecule has 0 aromatic heterocycles. The van der Waals surface area contributed by atoms with Crippen molar-refractivity contribution in [1.29, 1.82) is 0 Å². The Labute approximate surface area is 115 Å². The zero-order chi connectivity index (χ0) is 11.5. The van der Waals surface area contributed by atoms with Gasteiger partial charge in [-0.1, -0.05) is 54.6 Å². The summed E-state index contributed by atoms with van der Waals surface area (Å²) in [5.74, 6) is 0.495. The highest BCUT2D eigenvalue weighted by molar-refractivity contribution is 5.85. The lowest BCUT2D eigenvalue weighted by atomic mass is 9.88. The van der Waals surface area contributed by atoms with Crippen LogP contribution in [-0.4, -0.2) is 13.1 Å². The van der Waals surface area contributed by atoms with Crippen LogP contribution in [0.15, 0.2) is 54.6 Å². The van der Waals surface area contributed by atoms with E-state index in [0.717, 1.165) is 19.5 Å². The van der Waals surface area contributed by atoms with Crippen molar-refractivity contribution in [2.24, 2.45) is 0 Å². The molecule has 1 atom stereocenters. The Balaban J connectivity index is 0.00000120. The van der Waals surface area contributed by atoms with E-state index in [-0.39, 0.29) is 12.4 Å². The highest BCUT2D eigenvalue weighted by Gasteiger charge is 2.19. The van der Waals surface area contributed by atoms with Gasteiger partial charge in [0.05, 0.1) is 0 Å². The summed E-state index contributed by atoms with van der Waals surface area (Å²) in [4.78, 5) is 0. The van der Waals surface area contributed by atoms with E-state index in [9.17, 15) is 0 Å². The van der Waals surface area contributed by atoms with Crippen LogP contribution < -0.4 is 5.32 Å². The minimum Gasteiger partial charge on any atom is -0.315 e. The standard InChI is InChI=1S/C16H17N.ClH/c1-2-6-13(7-3-1)16-12-17-11-10-14-8-4-5-9-15(14)16;/h1-9,16-17H,10-12H2;1H. The van der Waals surface area contributed by atoms with E-state index in [0.29, 0.717) is 5.92 Å². The fourth-order valence-corrected chi connectivity index (χ4v) is 2.66. The first kappa shape index (κ1) is 13.1. The molecule has 2 aromatic carbocycles. The largest absolute Gasteiger partial charge is 0.315 e. The van der Waals surface area contributed by atoms with Gasteiger partial charge in [-0.25, -0.2) is 0 Å². The maximum atomic E-state index is 3.54. The molecule has 0 radical (unpaired) electrons. The number of hydrogen-bond acceptors (Lipinski definition) is 1. The Morgan fingerprint density at radius 2 is 1.61 bits per heavy atom. The molecule has 0 saturated carbocycles. The lowest BCUT2D eigenvalue weighted by Crippen LogP contribution is -2.20. The van der Waals surface area contributed by atoms with E-state index < -0.39 is 0 Å². The Morgan fingerprint density at radius 3 is 2.44 bits per heavy atom. The molecule has 94 valence electrons. The summed E-state index contributed by atoms with van der Waals surface area (Å²) in [7, 11) is 0. The molecule has 0 fully saturated rings. The lowest BCUT2D eigenvalue weighted by molar-refractivity contribution is 0.665. The molecular weight excluding hydrogens is 242 g/mol. The van der Waals surface area contributed by atoms with Crippen molar-refractivity contribution < 1.29 is 0 Å². The number of benzene rings is 2. The van der Waals surface area contributed by atoms with E-state index >= 15 is 0 Å². The van der Waals surface area contributed by atoms with Gasteiger partial charge in [0.1, 0.15) is 0 Å². The Bertz CT molecular complexity index is 495. The van der Waals surface area contributed by atoms with Crippen molar-refractivity contribution in [3.05, 3.63) is 71.3 Å². The van der Waals surface area contributed by atoms with Gasteiger partial charge in [-0.3, -0.25) is 0 Å². The lowest BCUT2D eigenvalue weighted by Gasteiger charge is -2.17. The molecule has 0 bridgehead atoms. The van der Waals surface area contributed by atoms with Crippen LogP contribution in [0.25, 0.3) is 0 Å². The molecule has 1 aliphatic rings. The summed E-state index contributed by atoms with van der Waals surface area (Å²) in [6.07, 6.45) is 1.14. The maximum absolute atomic E-state index is 3.54. The van der Waals surface area contributed by atoms with E-state index in [1.54, 1.807) is 0 Å². The van der Waals surface area contributed by atoms with Gasteiger partial charge in [0.15, 0.2) is 0 Å². The third-order valence-corrected chi connectivity index (χ3v) is 3.55. The molecule has 1 aliphatic heterocycles. The van der Waals surface area contributed by atoms with Gasteiger partial charge in [-0.15, -0.1) is 12.4 Å². The van der Waals surface area contributed by atoms with Crippen molar-refractivity contribution in [3.8, 4) is 0 Å². The Morgan fingerprint density at radius 1 is 0.889 bits per heavy atom. The first-order valence-electron chi connectivity index (χ1n) is 6.28. The van der Waals surface area contributed by atoms with Gasteiger partial charge in [-0.2, -0.15) is 0 Å². The summed E-state index contributed by atoms with van der Waals surface area (Å²) in [5, 5.41) is 3.54. The fourth-order valence-electron chi connectivity index (χ4n) is 2.66. The SMILES string of the molecule is Cl.c1ccc(C2CNCCc3ccccc32)cc1. The highest BCUT2D eigenvalue weighted by atomic mass is 35.5. The average molecular weight is 260 g/mol. The normalized spacial score (nSPS) is 18.3. The van der Waals surface area contributed by atoms with Crippen LogP contribution in [0.4, 0.5) is 0 Å². The van der Waals surface area contributed by atoms with Crippen LogP contribution in [0.5, 0.6) is 0 Å². The van der Waals surface area contributed by atoms with Gasteiger partial charge in [0.25, 0.3) is 0 Å². The Kier molecular flexibility index (Phi) is 4.40. The number of rotatable bonds is 1. The molecule has 0 amide bonds. The number of fused-ring (bicyclic) bond motifs is 1. The second kappa shape index (κ2) is 6.03. The molecule has 1 unspecified atom stereocenters. The van der Waals surface area contributed by atoms with E-state index in [1.807, 2.05) is 0 Å². The fraction of sp³-hybridized carbons (Fsp3) is 0.250. The van der Waals surface area contributed by atoms with Crippen LogP contribution in [0.2, 0.25) is 0 Å². The van der Waals surface area contributed by atoms with Crippen molar-refractivity contribution in [1.82, 2.24) is 5.32 Å². The third-order valence-electron chi connectivity index (χ3n) is 3.55. The molecule has 1 nitrogen and oxygen atoms in total. The third kappa shape index (κ3) is 2.58. The van der Waals surface area contributed by atoms with Crippen molar-refractivity contribution in [2.75, 3.05) is 13.1 Å². The maximum Gasteiger partial charge on any atom is 0.0217 e. The Hall–Kier alpha value is -1.31. The van der Waals surface area contributed by atoms with Gasteiger partial charge >= 0.3 is 0 Å². The summed E-state index contributed by atoms with van der Waals surface area (Å²) in [5.41, 5.74) is 4.39. The molecule has 0 aliphatic carbocycles. The van der Waals surface area contributed by atoms with Crippen molar-refractivity contribution >= 4 is 12.4 Å². The predicted molar refractivity (Wildman–Crippen MR) is 78.5 cm³/mol. The van der Waals surface area contributed by atoms with Gasteiger partial charge in [-0.05, 0) is 29.7 Å². The molecule has 3 rings (SSSR count). The molecule has 0 spiro atoms. The second-order valence-electron chi connectivity index (χ2n) is 4.62. The number of halogens is 1. The summed E-state index contributed by atoms with van der Waals surface area (Å²) in [6.45, 7) is 2.13. The minimum absolute atomic E-state index is 0. The van der Waals surface area contributed by atoms with Crippen LogP contribution in [-0.2, 0) is 6.42 Å². The minimum atomic E-state index is 0. The van der Waals surface area contributed by atoms with E-state index in [2.05, 4.69) is 59.9 Å². The van der Waals surface area contributed by atoms with Gasteiger partial charge in [0, 0.05) is 12.5 Å². The quantitative estimate of drug-likeness (QED) is 0.828. The smallest absolute Gasteiger partial charge is 0.0217 e. The van der Waals surface area contributed by atoms with Crippen LogP contribution >= 0.6 is 12.4 Å².